The molecule has 0 fully saturated rings. The molecule has 0 aliphatic carbocycles. The molecule has 2 heterocycles. The minimum atomic E-state index is -0.384. The number of aromatic nitrogens is 4. The predicted octanol–water partition coefficient (Wildman–Crippen LogP) is 5.13. The number of para-hydroxylation sites is 1. The van der Waals surface area contributed by atoms with Gasteiger partial charge in [0.25, 0.3) is 5.91 Å². The molecule has 0 radical (unpaired) electrons. The van der Waals surface area contributed by atoms with Gasteiger partial charge in [0.15, 0.2) is 16.7 Å². The quantitative estimate of drug-likeness (QED) is 0.363. The summed E-state index contributed by atoms with van der Waals surface area (Å²) in [6.45, 7) is 6.01. The van der Waals surface area contributed by atoms with Crippen molar-refractivity contribution < 1.29 is 13.6 Å². The molecule has 1 N–H and O–H groups in total. The Labute approximate surface area is 195 Å². The summed E-state index contributed by atoms with van der Waals surface area (Å²) in [5.74, 6) is 0.834. The average Bonchev–Trinajstić information content (AvgIpc) is 3.46. The van der Waals surface area contributed by atoms with E-state index in [4.69, 9.17) is 4.42 Å². The van der Waals surface area contributed by atoms with E-state index in [2.05, 4.69) is 20.5 Å². The van der Waals surface area contributed by atoms with Crippen molar-refractivity contribution in [3.8, 4) is 17.1 Å². The van der Waals surface area contributed by atoms with Crippen LogP contribution in [0, 0.1) is 11.7 Å². The second-order valence-corrected chi connectivity index (χ2v) is 8.82. The number of thioether (sulfide) groups is 1. The van der Waals surface area contributed by atoms with Crippen molar-refractivity contribution in [3.05, 3.63) is 78.3 Å². The normalized spacial score (nSPS) is 12.2. The van der Waals surface area contributed by atoms with Crippen LogP contribution in [0.25, 0.3) is 17.1 Å². The topological polar surface area (TPSA) is 85.8 Å². The SMILES string of the molecule is CC(C)C(C)NC(=O)c1coc(CSc2nnc(-c3ccccc3)n2-c2ccccc2F)n1. The summed E-state index contributed by atoms with van der Waals surface area (Å²) >= 11 is 1.30. The molecule has 0 bridgehead atoms. The van der Waals surface area contributed by atoms with Crippen molar-refractivity contribution in [2.45, 2.75) is 37.7 Å². The number of rotatable bonds is 8. The highest BCUT2D eigenvalue weighted by Crippen LogP contribution is 2.30. The maximum atomic E-state index is 14.7. The highest BCUT2D eigenvalue weighted by molar-refractivity contribution is 7.98. The Morgan fingerprint density at radius 1 is 1.09 bits per heavy atom. The lowest BCUT2D eigenvalue weighted by atomic mass is 10.1. The zero-order chi connectivity index (χ0) is 23.4. The van der Waals surface area contributed by atoms with Crippen LogP contribution in [-0.2, 0) is 5.75 Å². The molecule has 9 heteroatoms. The first-order chi connectivity index (χ1) is 15.9. The molecular weight excluding hydrogens is 441 g/mol. The van der Waals surface area contributed by atoms with E-state index in [0.29, 0.717) is 34.2 Å². The van der Waals surface area contributed by atoms with E-state index in [1.807, 2.05) is 51.1 Å². The molecule has 1 unspecified atom stereocenters. The number of carbonyl (C=O) groups is 1. The molecule has 0 saturated carbocycles. The van der Waals surface area contributed by atoms with Crippen LogP contribution >= 0.6 is 11.8 Å². The molecule has 0 saturated heterocycles. The van der Waals surface area contributed by atoms with Gasteiger partial charge in [-0.15, -0.1) is 10.2 Å². The summed E-state index contributed by atoms with van der Waals surface area (Å²) in [6.07, 6.45) is 1.34. The number of hydrogen-bond acceptors (Lipinski definition) is 6. The van der Waals surface area contributed by atoms with Crippen LogP contribution in [0.4, 0.5) is 4.39 Å². The van der Waals surface area contributed by atoms with Crippen LogP contribution < -0.4 is 5.32 Å². The van der Waals surface area contributed by atoms with Gasteiger partial charge in [0.05, 0.1) is 11.4 Å². The molecule has 0 aliphatic heterocycles. The van der Waals surface area contributed by atoms with E-state index in [1.54, 1.807) is 22.8 Å². The molecule has 1 amide bonds. The molecule has 2 aromatic heterocycles. The van der Waals surface area contributed by atoms with E-state index >= 15 is 0 Å². The molecule has 170 valence electrons. The van der Waals surface area contributed by atoms with Gasteiger partial charge >= 0.3 is 0 Å². The summed E-state index contributed by atoms with van der Waals surface area (Å²) in [7, 11) is 0. The fourth-order valence-corrected chi connectivity index (χ4v) is 3.84. The number of halogens is 1. The van der Waals surface area contributed by atoms with E-state index in [0.717, 1.165) is 5.56 Å². The van der Waals surface area contributed by atoms with Crippen molar-refractivity contribution in [1.82, 2.24) is 25.1 Å². The third kappa shape index (κ3) is 5.14. The zero-order valence-electron chi connectivity index (χ0n) is 18.5. The maximum Gasteiger partial charge on any atom is 0.273 e. The predicted molar refractivity (Wildman–Crippen MR) is 125 cm³/mol. The summed E-state index contributed by atoms with van der Waals surface area (Å²) in [6, 6.07) is 16.0. The maximum absolute atomic E-state index is 14.7. The lowest BCUT2D eigenvalue weighted by molar-refractivity contribution is 0.0925. The molecular formula is C24H24FN5O2S. The number of carbonyl (C=O) groups excluding carboxylic acids is 1. The van der Waals surface area contributed by atoms with Gasteiger partial charge in [-0.05, 0) is 25.0 Å². The van der Waals surface area contributed by atoms with Gasteiger partial charge < -0.3 is 9.73 Å². The number of benzene rings is 2. The van der Waals surface area contributed by atoms with E-state index in [9.17, 15) is 9.18 Å². The van der Waals surface area contributed by atoms with Crippen LogP contribution in [0.3, 0.4) is 0 Å². The first-order valence-corrected chi connectivity index (χ1v) is 11.6. The minimum Gasteiger partial charge on any atom is -0.447 e. The van der Waals surface area contributed by atoms with Crippen LogP contribution in [0.5, 0.6) is 0 Å². The second-order valence-electron chi connectivity index (χ2n) is 7.88. The Morgan fingerprint density at radius 2 is 1.82 bits per heavy atom. The first-order valence-electron chi connectivity index (χ1n) is 10.6. The van der Waals surface area contributed by atoms with Crippen molar-refractivity contribution >= 4 is 17.7 Å². The van der Waals surface area contributed by atoms with Crippen molar-refractivity contribution in [2.75, 3.05) is 0 Å². The van der Waals surface area contributed by atoms with Crippen LogP contribution in [0.2, 0.25) is 0 Å². The zero-order valence-corrected chi connectivity index (χ0v) is 19.3. The number of amides is 1. The number of oxazole rings is 1. The van der Waals surface area contributed by atoms with Crippen molar-refractivity contribution in [3.63, 3.8) is 0 Å². The summed E-state index contributed by atoms with van der Waals surface area (Å²) in [5.41, 5.74) is 1.38. The summed E-state index contributed by atoms with van der Waals surface area (Å²) in [4.78, 5) is 16.7. The van der Waals surface area contributed by atoms with Crippen molar-refractivity contribution in [1.29, 1.82) is 0 Å². The van der Waals surface area contributed by atoms with Gasteiger partial charge in [-0.1, -0.05) is 68.1 Å². The molecule has 33 heavy (non-hydrogen) atoms. The largest absolute Gasteiger partial charge is 0.447 e. The Hall–Kier alpha value is -3.46. The minimum absolute atomic E-state index is 0.0164. The van der Waals surface area contributed by atoms with Gasteiger partial charge in [0, 0.05) is 11.6 Å². The lowest BCUT2D eigenvalue weighted by Crippen LogP contribution is -2.36. The smallest absolute Gasteiger partial charge is 0.273 e. The van der Waals surface area contributed by atoms with Gasteiger partial charge in [-0.25, -0.2) is 9.37 Å². The third-order valence-electron chi connectivity index (χ3n) is 5.23. The van der Waals surface area contributed by atoms with Crippen LogP contribution in [0.1, 0.15) is 37.2 Å². The van der Waals surface area contributed by atoms with E-state index in [-0.39, 0.29) is 23.5 Å². The standard InChI is InChI=1S/C24H24FN5O2S/c1-15(2)16(3)26-23(31)19-13-32-21(27-19)14-33-24-29-28-22(17-9-5-4-6-10-17)30(24)20-12-8-7-11-18(20)25/h4-13,15-16H,14H2,1-3H3,(H,26,31). The third-order valence-corrected chi connectivity index (χ3v) is 6.14. The average molecular weight is 466 g/mol. The van der Waals surface area contributed by atoms with E-state index < -0.39 is 0 Å². The Bertz CT molecular complexity index is 1240. The molecule has 4 rings (SSSR count). The molecule has 0 aliphatic rings. The van der Waals surface area contributed by atoms with Gasteiger partial charge in [0.2, 0.25) is 5.89 Å². The summed E-state index contributed by atoms with van der Waals surface area (Å²) < 4.78 is 21.8. The van der Waals surface area contributed by atoms with Crippen LogP contribution in [-0.4, -0.2) is 31.7 Å². The molecule has 0 spiro atoms. The Kier molecular flexibility index (Phi) is 6.88. The fourth-order valence-electron chi connectivity index (χ4n) is 3.04. The molecule has 7 nitrogen and oxygen atoms in total. The van der Waals surface area contributed by atoms with Gasteiger partial charge in [-0.3, -0.25) is 9.36 Å². The Morgan fingerprint density at radius 3 is 2.55 bits per heavy atom. The Balaban J connectivity index is 1.57. The molecule has 2 aromatic carbocycles. The molecule has 1 atom stereocenters. The molecule has 4 aromatic rings. The summed E-state index contributed by atoms with van der Waals surface area (Å²) in [5, 5.41) is 12.0. The van der Waals surface area contributed by atoms with Gasteiger partial charge in [0.1, 0.15) is 12.1 Å². The highest BCUT2D eigenvalue weighted by atomic mass is 32.2. The number of hydrogen-bond donors (Lipinski definition) is 1. The van der Waals surface area contributed by atoms with Gasteiger partial charge in [-0.2, -0.15) is 0 Å². The number of nitrogens with zero attached hydrogens (tertiary/aromatic N) is 4. The van der Waals surface area contributed by atoms with E-state index in [1.165, 1.54) is 24.1 Å². The monoisotopic (exact) mass is 465 g/mol. The van der Waals surface area contributed by atoms with Crippen molar-refractivity contribution in [2.24, 2.45) is 5.92 Å². The lowest BCUT2D eigenvalue weighted by Gasteiger charge is -2.16. The highest BCUT2D eigenvalue weighted by Gasteiger charge is 2.20. The van der Waals surface area contributed by atoms with Crippen LogP contribution in [0.15, 0.2) is 70.4 Å². The second kappa shape index (κ2) is 9.99. The first kappa shape index (κ1) is 22.7. The number of nitrogens with one attached hydrogen (secondary N) is 1. The fraction of sp³-hybridized carbons (Fsp3) is 0.250.